The summed E-state index contributed by atoms with van der Waals surface area (Å²) in [7, 11) is 1.70. The van der Waals surface area contributed by atoms with Crippen LogP contribution in [0.15, 0.2) is 53.5 Å². The molecule has 2 N–H and O–H groups in total. The molecule has 2 aliphatic heterocycles. The first-order chi connectivity index (χ1) is 15.2. The molecule has 0 spiro atoms. The molecule has 0 aromatic heterocycles. The van der Waals surface area contributed by atoms with Gasteiger partial charge in [0.1, 0.15) is 17.6 Å². The van der Waals surface area contributed by atoms with E-state index in [4.69, 9.17) is 19.2 Å². The summed E-state index contributed by atoms with van der Waals surface area (Å²) in [5.74, 6) is 2.71. The molecule has 0 amide bonds. The Balaban J connectivity index is 1.43. The van der Waals surface area contributed by atoms with Crippen molar-refractivity contribution in [3.8, 4) is 11.5 Å². The van der Waals surface area contributed by atoms with E-state index in [1.807, 2.05) is 24.3 Å². The van der Waals surface area contributed by atoms with Gasteiger partial charge in [-0.15, -0.1) is 0 Å². The lowest BCUT2D eigenvalue weighted by Crippen LogP contribution is -2.44. The van der Waals surface area contributed by atoms with E-state index in [0.29, 0.717) is 6.54 Å². The first-order valence-electron chi connectivity index (χ1n) is 11.2. The molecule has 0 bridgehead atoms. The topological polar surface area (TPSA) is 64.1 Å². The summed E-state index contributed by atoms with van der Waals surface area (Å²) < 4.78 is 17.1. The number of hydrogen-bond donors (Lipinski definition) is 2. The van der Waals surface area contributed by atoms with Gasteiger partial charge >= 0.3 is 0 Å². The molecule has 2 aromatic carbocycles. The van der Waals surface area contributed by atoms with Crippen molar-refractivity contribution in [2.24, 2.45) is 4.99 Å². The summed E-state index contributed by atoms with van der Waals surface area (Å²) in [4.78, 5) is 4.99. The van der Waals surface area contributed by atoms with Gasteiger partial charge in [0.2, 0.25) is 0 Å². The van der Waals surface area contributed by atoms with Crippen molar-refractivity contribution in [3.63, 3.8) is 0 Å². The van der Waals surface area contributed by atoms with E-state index < -0.39 is 0 Å². The van der Waals surface area contributed by atoms with E-state index in [1.165, 1.54) is 11.1 Å². The summed E-state index contributed by atoms with van der Waals surface area (Å²) in [6.07, 6.45) is 2.97. The number of hydrogen-bond acceptors (Lipinski definition) is 4. The first kappa shape index (κ1) is 21.5. The summed E-state index contributed by atoms with van der Waals surface area (Å²) in [6, 6.07) is 16.7. The number of aliphatic imine (C=N–C) groups is 1. The zero-order valence-electron chi connectivity index (χ0n) is 18.5. The van der Waals surface area contributed by atoms with Crippen LogP contribution >= 0.6 is 0 Å². The van der Waals surface area contributed by atoms with Gasteiger partial charge in [-0.3, -0.25) is 4.99 Å². The molecule has 0 aliphatic carbocycles. The van der Waals surface area contributed by atoms with E-state index in [9.17, 15) is 0 Å². The van der Waals surface area contributed by atoms with E-state index in [2.05, 4.69) is 41.8 Å². The number of rotatable bonds is 7. The Morgan fingerprint density at radius 3 is 2.58 bits per heavy atom. The van der Waals surface area contributed by atoms with Gasteiger partial charge in [0.15, 0.2) is 5.96 Å². The fraction of sp³-hybridized carbons (Fsp3) is 0.480. The van der Waals surface area contributed by atoms with Crippen LogP contribution < -0.4 is 20.1 Å². The molecule has 2 heterocycles. The highest BCUT2D eigenvalue weighted by Crippen LogP contribution is 2.36. The average Bonchev–Trinajstić information content (AvgIpc) is 3.24. The second kappa shape index (κ2) is 10.1. The molecule has 0 saturated carbocycles. The molecule has 0 radical (unpaired) electrons. The van der Waals surface area contributed by atoms with Crippen LogP contribution in [0.4, 0.5) is 0 Å². The number of methoxy groups -OCH3 is 1. The highest BCUT2D eigenvalue weighted by atomic mass is 16.5. The van der Waals surface area contributed by atoms with Gasteiger partial charge in [0.05, 0.1) is 20.2 Å². The summed E-state index contributed by atoms with van der Waals surface area (Å²) in [5, 5.41) is 6.87. The van der Waals surface area contributed by atoms with Crippen molar-refractivity contribution in [2.75, 3.05) is 40.0 Å². The Bertz CT molecular complexity index is 851. The Hall–Kier alpha value is -2.73. The maximum atomic E-state index is 6.07. The number of nitrogens with zero attached hydrogens (tertiary/aromatic N) is 1. The average molecular weight is 424 g/mol. The van der Waals surface area contributed by atoms with Gasteiger partial charge in [0.25, 0.3) is 0 Å². The van der Waals surface area contributed by atoms with Crippen LogP contribution in [0.2, 0.25) is 0 Å². The van der Waals surface area contributed by atoms with Gasteiger partial charge in [-0.25, -0.2) is 0 Å². The van der Waals surface area contributed by atoms with Crippen LogP contribution in [0.1, 0.15) is 30.9 Å². The second-order valence-corrected chi connectivity index (χ2v) is 8.25. The molecule has 166 valence electrons. The molecular weight excluding hydrogens is 390 g/mol. The smallest absolute Gasteiger partial charge is 0.191 e. The standard InChI is InChI=1S/C25H33N3O3/c1-3-26-24(27-17-22-16-19-6-4-5-7-23(19)31-22)28-18-25(12-14-30-15-13-25)20-8-10-21(29-2)11-9-20/h4-11,22H,3,12-18H2,1-2H3,(H2,26,27,28). The van der Waals surface area contributed by atoms with Crippen molar-refractivity contribution in [1.29, 1.82) is 0 Å². The molecule has 1 unspecified atom stereocenters. The SMILES string of the molecule is CCNC(=NCC1(c2ccc(OC)cc2)CCOCC1)NCC1Cc2ccccc2O1. The normalized spacial score (nSPS) is 19.9. The molecule has 1 saturated heterocycles. The number of nitrogens with one attached hydrogen (secondary N) is 2. The third-order valence-electron chi connectivity index (χ3n) is 6.25. The summed E-state index contributed by atoms with van der Waals surface area (Å²) >= 11 is 0. The molecule has 6 heteroatoms. The lowest BCUT2D eigenvalue weighted by molar-refractivity contribution is 0.0531. The molecule has 31 heavy (non-hydrogen) atoms. The third-order valence-corrected chi connectivity index (χ3v) is 6.25. The van der Waals surface area contributed by atoms with E-state index >= 15 is 0 Å². The van der Waals surface area contributed by atoms with Crippen LogP contribution in [0.3, 0.4) is 0 Å². The fourth-order valence-electron chi connectivity index (χ4n) is 4.40. The van der Waals surface area contributed by atoms with Gasteiger partial charge in [-0.05, 0) is 49.1 Å². The minimum absolute atomic E-state index is 0.0209. The Morgan fingerprint density at radius 2 is 1.87 bits per heavy atom. The van der Waals surface area contributed by atoms with Crippen molar-refractivity contribution in [1.82, 2.24) is 10.6 Å². The summed E-state index contributed by atoms with van der Waals surface area (Å²) in [6.45, 7) is 5.87. The van der Waals surface area contributed by atoms with E-state index in [-0.39, 0.29) is 11.5 Å². The summed E-state index contributed by atoms with van der Waals surface area (Å²) in [5.41, 5.74) is 2.55. The van der Waals surface area contributed by atoms with Gasteiger partial charge < -0.3 is 24.8 Å². The molecule has 6 nitrogen and oxygen atoms in total. The highest BCUT2D eigenvalue weighted by molar-refractivity contribution is 5.79. The zero-order chi connectivity index (χ0) is 21.5. The Kier molecular flexibility index (Phi) is 6.97. The van der Waals surface area contributed by atoms with Gasteiger partial charge in [0, 0.05) is 31.6 Å². The van der Waals surface area contributed by atoms with Crippen LogP contribution in [0.25, 0.3) is 0 Å². The number of guanidine groups is 1. The van der Waals surface area contributed by atoms with E-state index in [1.54, 1.807) is 7.11 Å². The number of benzene rings is 2. The molecular formula is C25H33N3O3. The quantitative estimate of drug-likeness (QED) is 0.529. The third kappa shape index (κ3) is 5.13. The predicted molar refractivity (Wildman–Crippen MR) is 123 cm³/mol. The van der Waals surface area contributed by atoms with Crippen LogP contribution in [-0.4, -0.2) is 52.0 Å². The van der Waals surface area contributed by atoms with E-state index in [0.717, 1.165) is 63.0 Å². The molecule has 2 aromatic rings. The van der Waals surface area contributed by atoms with Crippen molar-refractivity contribution in [2.45, 2.75) is 37.7 Å². The Labute approximate surface area is 185 Å². The van der Waals surface area contributed by atoms with Crippen molar-refractivity contribution >= 4 is 5.96 Å². The number of fused-ring (bicyclic) bond motifs is 1. The van der Waals surface area contributed by atoms with Crippen molar-refractivity contribution < 1.29 is 14.2 Å². The minimum atomic E-state index is -0.0209. The van der Waals surface area contributed by atoms with Gasteiger partial charge in [-0.1, -0.05) is 30.3 Å². The monoisotopic (exact) mass is 423 g/mol. The maximum absolute atomic E-state index is 6.07. The molecule has 4 rings (SSSR count). The van der Waals surface area contributed by atoms with Crippen LogP contribution in [-0.2, 0) is 16.6 Å². The first-order valence-corrected chi connectivity index (χ1v) is 11.2. The van der Waals surface area contributed by atoms with Crippen LogP contribution in [0, 0.1) is 0 Å². The second-order valence-electron chi connectivity index (χ2n) is 8.25. The lowest BCUT2D eigenvalue weighted by atomic mass is 9.74. The van der Waals surface area contributed by atoms with Gasteiger partial charge in [-0.2, -0.15) is 0 Å². The maximum Gasteiger partial charge on any atom is 0.191 e. The highest BCUT2D eigenvalue weighted by Gasteiger charge is 2.34. The zero-order valence-corrected chi connectivity index (χ0v) is 18.5. The largest absolute Gasteiger partial charge is 0.497 e. The van der Waals surface area contributed by atoms with Crippen LogP contribution in [0.5, 0.6) is 11.5 Å². The molecule has 2 aliphatic rings. The number of para-hydroxylation sites is 1. The molecule has 1 fully saturated rings. The Morgan fingerprint density at radius 1 is 1.10 bits per heavy atom. The predicted octanol–water partition coefficient (Wildman–Crippen LogP) is 3.30. The lowest BCUT2D eigenvalue weighted by Gasteiger charge is -2.36. The number of ether oxygens (including phenoxy) is 3. The fourth-order valence-corrected chi connectivity index (χ4v) is 4.40. The minimum Gasteiger partial charge on any atom is -0.497 e. The van der Waals surface area contributed by atoms with Crippen molar-refractivity contribution in [3.05, 3.63) is 59.7 Å². The molecule has 1 atom stereocenters.